The molecule has 27 heavy (non-hydrogen) atoms. The van der Waals surface area contributed by atoms with Crippen LogP contribution in [0.3, 0.4) is 0 Å². The maximum Gasteiger partial charge on any atom is 0.255 e. The zero-order valence-corrected chi connectivity index (χ0v) is 14.8. The average Bonchev–Trinajstić information content (AvgIpc) is 3.37. The van der Waals surface area contributed by atoms with Crippen molar-refractivity contribution in [3.05, 3.63) is 90.4 Å². The topological polar surface area (TPSA) is 77.6 Å². The second-order valence-corrected chi connectivity index (χ2v) is 6.07. The van der Waals surface area contributed by atoms with Gasteiger partial charge < -0.3 is 5.32 Å². The van der Waals surface area contributed by atoms with Crippen LogP contribution in [0, 0.1) is 6.92 Å². The van der Waals surface area contributed by atoms with E-state index in [0.29, 0.717) is 12.1 Å². The van der Waals surface area contributed by atoms with E-state index in [9.17, 15) is 4.79 Å². The Morgan fingerprint density at radius 3 is 2.67 bits per heavy atom. The van der Waals surface area contributed by atoms with E-state index in [0.717, 1.165) is 22.8 Å². The number of hydrogen-bond acceptors (Lipinski definition) is 4. The predicted molar refractivity (Wildman–Crippen MR) is 101 cm³/mol. The highest BCUT2D eigenvalue weighted by Crippen LogP contribution is 2.14. The summed E-state index contributed by atoms with van der Waals surface area (Å²) < 4.78 is 3.58. The number of pyridine rings is 1. The van der Waals surface area contributed by atoms with Crippen molar-refractivity contribution in [2.45, 2.75) is 13.5 Å². The summed E-state index contributed by atoms with van der Waals surface area (Å²) in [6.07, 6.45) is 8.57. The molecule has 4 rings (SSSR count). The molecular weight excluding hydrogens is 340 g/mol. The minimum absolute atomic E-state index is 0.159. The Morgan fingerprint density at radius 1 is 1.11 bits per heavy atom. The first-order valence-corrected chi connectivity index (χ1v) is 8.54. The van der Waals surface area contributed by atoms with Crippen molar-refractivity contribution in [2.75, 3.05) is 0 Å². The van der Waals surface area contributed by atoms with Gasteiger partial charge in [0.05, 0.1) is 23.1 Å². The van der Waals surface area contributed by atoms with Crippen LogP contribution in [0.1, 0.15) is 21.6 Å². The Hall–Kier alpha value is -3.74. The van der Waals surface area contributed by atoms with E-state index in [1.807, 2.05) is 60.2 Å². The van der Waals surface area contributed by atoms with Gasteiger partial charge >= 0.3 is 0 Å². The first-order valence-electron chi connectivity index (χ1n) is 8.54. The molecule has 3 heterocycles. The second kappa shape index (κ2) is 7.25. The molecule has 1 N–H and O–H groups in total. The third-order valence-electron chi connectivity index (χ3n) is 4.29. The van der Waals surface area contributed by atoms with Crippen molar-refractivity contribution in [1.29, 1.82) is 0 Å². The number of nitrogens with one attached hydrogen (secondary N) is 1. The molecule has 0 saturated carbocycles. The standard InChI is InChI=1S/C20H18N6O/c1-15-18(13-24-26(15)17-5-3-2-4-6-17)20(27)23-12-16-7-8-19(22-11-16)25-10-9-21-14-25/h2-11,13-14H,12H2,1H3,(H,23,27). The van der Waals surface area contributed by atoms with Gasteiger partial charge in [-0.15, -0.1) is 0 Å². The molecule has 0 radical (unpaired) electrons. The van der Waals surface area contributed by atoms with Crippen molar-refractivity contribution in [2.24, 2.45) is 0 Å². The van der Waals surface area contributed by atoms with Gasteiger partial charge in [-0.05, 0) is 30.7 Å². The van der Waals surface area contributed by atoms with Crippen LogP contribution in [-0.2, 0) is 6.54 Å². The van der Waals surface area contributed by atoms with E-state index < -0.39 is 0 Å². The van der Waals surface area contributed by atoms with Crippen molar-refractivity contribution in [1.82, 2.24) is 29.6 Å². The summed E-state index contributed by atoms with van der Waals surface area (Å²) in [6.45, 7) is 2.28. The first-order chi connectivity index (χ1) is 13.2. The molecule has 4 aromatic rings. The van der Waals surface area contributed by atoms with Gasteiger partial charge in [-0.1, -0.05) is 24.3 Å². The Balaban J connectivity index is 1.43. The zero-order chi connectivity index (χ0) is 18.6. The lowest BCUT2D eigenvalue weighted by atomic mass is 10.2. The number of amides is 1. The lowest BCUT2D eigenvalue weighted by Crippen LogP contribution is -2.23. The van der Waals surface area contributed by atoms with Gasteiger partial charge in [-0.3, -0.25) is 9.36 Å². The summed E-state index contributed by atoms with van der Waals surface area (Å²) in [5.74, 6) is 0.621. The van der Waals surface area contributed by atoms with Crippen LogP contribution >= 0.6 is 0 Å². The maximum atomic E-state index is 12.5. The number of hydrogen-bond donors (Lipinski definition) is 1. The van der Waals surface area contributed by atoms with E-state index in [1.54, 1.807) is 29.6 Å². The molecule has 3 aromatic heterocycles. The third-order valence-corrected chi connectivity index (χ3v) is 4.29. The van der Waals surface area contributed by atoms with Crippen LogP contribution < -0.4 is 5.32 Å². The third kappa shape index (κ3) is 3.48. The van der Waals surface area contributed by atoms with E-state index in [4.69, 9.17) is 0 Å². The predicted octanol–water partition coefficient (Wildman–Crippen LogP) is 2.69. The van der Waals surface area contributed by atoms with Gasteiger partial charge in [0.2, 0.25) is 0 Å². The zero-order valence-electron chi connectivity index (χ0n) is 14.8. The minimum atomic E-state index is -0.159. The molecule has 0 aliphatic heterocycles. The minimum Gasteiger partial charge on any atom is -0.348 e. The molecule has 0 atom stereocenters. The van der Waals surface area contributed by atoms with Crippen LogP contribution in [0.25, 0.3) is 11.5 Å². The van der Waals surface area contributed by atoms with Crippen LogP contribution in [0.4, 0.5) is 0 Å². The molecule has 0 aliphatic rings. The molecule has 0 spiro atoms. The van der Waals surface area contributed by atoms with E-state index in [2.05, 4.69) is 20.4 Å². The van der Waals surface area contributed by atoms with Crippen molar-refractivity contribution in [3.8, 4) is 11.5 Å². The molecule has 1 amide bonds. The summed E-state index contributed by atoms with van der Waals surface area (Å²) in [5.41, 5.74) is 3.20. The Morgan fingerprint density at radius 2 is 1.96 bits per heavy atom. The van der Waals surface area contributed by atoms with Gasteiger partial charge in [0, 0.05) is 25.1 Å². The summed E-state index contributed by atoms with van der Waals surface area (Å²) in [4.78, 5) is 20.9. The van der Waals surface area contributed by atoms with Crippen LogP contribution in [0.2, 0.25) is 0 Å². The Labute approximate surface area is 156 Å². The van der Waals surface area contributed by atoms with E-state index >= 15 is 0 Å². The van der Waals surface area contributed by atoms with E-state index in [-0.39, 0.29) is 5.91 Å². The molecule has 7 heteroatoms. The SMILES string of the molecule is Cc1c(C(=O)NCc2ccc(-n3ccnc3)nc2)cnn1-c1ccccc1. The lowest BCUT2D eigenvalue weighted by molar-refractivity contribution is 0.0950. The highest BCUT2D eigenvalue weighted by molar-refractivity contribution is 5.95. The first kappa shape index (κ1) is 16.7. The van der Waals surface area contributed by atoms with Crippen molar-refractivity contribution in [3.63, 3.8) is 0 Å². The summed E-state index contributed by atoms with van der Waals surface area (Å²) in [7, 11) is 0. The number of benzene rings is 1. The molecule has 0 fully saturated rings. The van der Waals surface area contributed by atoms with Crippen LogP contribution in [0.15, 0.2) is 73.6 Å². The monoisotopic (exact) mass is 358 g/mol. The van der Waals surface area contributed by atoms with Crippen molar-refractivity contribution < 1.29 is 4.79 Å². The van der Waals surface area contributed by atoms with E-state index in [1.165, 1.54) is 0 Å². The van der Waals surface area contributed by atoms with Gasteiger partial charge in [-0.25, -0.2) is 14.6 Å². The fourth-order valence-electron chi connectivity index (χ4n) is 2.81. The molecular formula is C20H18N6O. The summed E-state index contributed by atoms with van der Waals surface area (Å²) in [6, 6.07) is 13.6. The molecule has 0 saturated heterocycles. The number of rotatable bonds is 5. The Bertz CT molecular complexity index is 1040. The molecule has 7 nitrogen and oxygen atoms in total. The molecule has 134 valence electrons. The van der Waals surface area contributed by atoms with Gasteiger partial charge in [0.1, 0.15) is 12.1 Å². The summed E-state index contributed by atoms with van der Waals surface area (Å²) in [5, 5.41) is 7.26. The van der Waals surface area contributed by atoms with Gasteiger partial charge in [0.15, 0.2) is 0 Å². The van der Waals surface area contributed by atoms with Crippen molar-refractivity contribution >= 4 is 5.91 Å². The number of carbonyl (C=O) groups excluding carboxylic acids is 1. The fourth-order valence-corrected chi connectivity index (χ4v) is 2.81. The quantitative estimate of drug-likeness (QED) is 0.595. The molecule has 0 unspecified atom stereocenters. The highest BCUT2D eigenvalue weighted by Gasteiger charge is 2.14. The average molecular weight is 358 g/mol. The number of aromatic nitrogens is 5. The summed E-state index contributed by atoms with van der Waals surface area (Å²) >= 11 is 0. The van der Waals surface area contributed by atoms with Crippen LogP contribution in [-0.4, -0.2) is 30.2 Å². The molecule has 0 bridgehead atoms. The normalized spacial score (nSPS) is 10.7. The largest absolute Gasteiger partial charge is 0.348 e. The molecule has 1 aromatic carbocycles. The number of carbonyl (C=O) groups is 1. The van der Waals surface area contributed by atoms with Crippen LogP contribution in [0.5, 0.6) is 0 Å². The number of para-hydroxylation sites is 1. The second-order valence-electron chi connectivity index (χ2n) is 6.07. The fraction of sp³-hybridized carbons (Fsp3) is 0.100. The molecule has 0 aliphatic carbocycles. The smallest absolute Gasteiger partial charge is 0.255 e. The Kier molecular flexibility index (Phi) is 4.49. The number of imidazole rings is 1. The number of nitrogens with zero attached hydrogens (tertiary/aromatic N) is 5. The van der Waals surface area contributed by atoms with Gasteiger partial charge in [-0.2, -0.15) is 5.10 Å². The highest BCUT2D eigenvalue weighted by atomic mass is 16.1. The van der Waals surface area contributed by atoms with Gasteiger partial charge in [0.25, 0.3) is 5.91 Å². The maximum absolute atomic E-state index is 12.5. The lowest BCUT2D eigenvalue weighted by Gasteiger charge is -2.07.